The molecular formula is C15H19N3O3. The maximum atomic E-state index is 12.0. The number of aryl methyl sites for hydroxylation is 1. The third kappa shape index (κ3) is 3.46. The Balaban J connectivity index is 2.53. The molecule has 6 nitrogen and oxygen atoms in total. The van der Waals surface area contributed by atoms with Gasteiger partial charge in [0.2, 0.25) is 0 Å². The zero-order valence-electron chi connectivity index (χ0n) is 12.4. The fraction of sp³-hybridized carbons (Fsp3) is 0.400. The second-order valence-corrected chi connectivity index (χ2v) is 4.82. The molecule has 0 aromatic carbocycles. The second-order valence-electron chi connectivity index (χ2n) is 4.82. The molecule has 21 heavy (non-hydrogen) atoms. The predicted molar refractivity (Wildman–Crippen MR) is 80.4 cm³/mol. The molecule has 6 heteroatoms. The molecule has 0 spiro atoms. The number of nitrogens with zero attached hydrogens (tertiary/aromatic N) is 2. The maximum Gasteiger partial charge on any atom is 0.341 e. The van der Waals surface area contributed by atoms with E-state index in [1.54, 1.807) is 13.8 Å². The molecule has 0 aliphatic heterocycles. The summed E-state index contributed by atoms with van der Waals surface area (Å²) in [5.41, 5.74) is 2.33. The summed E-state index contributed by atoms with van der Waals surface area (Å²) in [5, 5.41) is 13.3. The normalized spacial score (nSPS) is 12.2. The van der Waals surface area contributed by atoms with Crippen LogP contribution < -0.4 is 5.32 Å². The van der Waals surface area contributed by atoms with Gasteiger partial charge in [-0.05, 0) is 32.9 Å². The van der Waals surface area contributed by atoms with E-state index in [0.717, 1.165) is 11.1 Å². The van der Waals surface area contributed by atoms with E-state index in [1.165, 1.54) is 6.20 Å². The number of hydrogen-bond donors (Lipinski definition) is 2. The average Bonchev–Trinajstić information content (AvgIpc) is 2.44. The number of carbonyl (C=O) groups excluding carboxylic acids is 1. The van der Waals surface area contributed by atoms with Gasteiger partial charge in [-0.2, -0.15) is 0 Å². The summed E-state index contributed by atoms with van der Waals surface area (Å²) in [6.45, 7) is 5.91. The molecule has 0 radical (unpaired) electrons. The number of hydrogen-bond acceptors (Lipinski definition) is 6. The number of anilines is 1. The predicted octanol–water partition coefficient (Wildman–Crippen LogP) is 1.91. The first-order chi connectivity index (χ1) is 10.0. The highest BCUT2D eigenvalue weighted by atomic mass is 16.5. The highest BCUT2D eigenvalue weighted by Gasteiger charge is 2.17. The zero-order chi connectivity index (χ0) is 15.4. The molecule has 2 heterocycles. The molecule has 0 saturated heterocycles. The first-order valence-electron chi connectivity index (χ1n) is 6.88. The lowest BCUT2D eigenvalue weighted by Crippen LogP contribution is -2.18. The summed E-state index contributed by atoms with van der Waals surface area (Å²) in [5.74, 6) is -0.444. The van der Waals surface area contributed by atoms with Crippen LogP contribution in [0.5, 0.6) is 0 Å². The number of aliphatic hydroxyl groups excluding tert-OH is 1. The van der Waals surface area contributed by atoms with Gasteiger partial charge in [-0.3, -0.25) is 0 Å². The van der Waals surface area contributed by atoms with Gasteiger partial charge in [0.15, 0.2) is 5.65 Å². The molecule has 2 aromatic heterocycles. The molecule has 1 atom stereocenters. The van der Waals surface area contributed by atoms with Crippen molar-refractivity contribution in [2.45, 2.75) is 26.9 Å². The Kier molecular flexibility index (Phi) is 4.70. The quantitative estimate of drug-likeness (QED) is 0.818. The molecule has 1 unspecified atom stereocenters. The van der Waals surface area contributed by atoms with Gasteiger partial charge < -0.3 is 15.2 Å². The van der Waals surface area contributed by atoms with Crippen LogP contribution >= 0.6 is 0 Å². The molecule has 0 bridgehead atoms. The van der Waals surface area contributed by atoms with Crippen molar-refractivity contribution in [1.29, 1.82) is 0 Å². The summed E-state index contributed by atoms with van der Waals surface area (Å²) in [4.78, 5) is 20.6. The standard InChI is InChI=1S/C15H19N3O3/c1-4-21-15(20)12-8-17-14-11(6-5-9(2)18-14)13(12)16-7-10(3)19/h5-6,8,10,19H,4,7H2,1-3H3,(H,16,17,18). The van der Waals surface area contributed by atoms with Crippen molar-refractivity contribution in [3.8, 4) is 0 Å². The monoisotopic (exact) mass is 289 g/mol. The van der Waals surface area contributed by atoms with Gasteiger partial charge in [-0.1, -0.05) is 0 Å². The lowest BCUT2D eigenvalue weighted by Gasteiger charge is -2.14. The zero-order valence-corrected chi connectivity index (χ0v) is 12.4. The number of ether oxygens (including phenoxy) is 1. The summed E-state index contributed by atoms with van der Waals surface area (Å²) >= 11 is 0. The number of aromatic nitrogens is 2. The molecule has 0 fully saturated rings. The number of esters is 1. The minimum atomic E-state index is -0.540. The number of aliphatic hydroxyl groups is 1. The van der Waals surface area contributed by atoms with Crippen molar-refractivity contribution < 1.29 is 14.6 Å². The molecule has 0 saturated carbocycles. The Labute approximate surface area is 123 Å². The van der Waals surface area contributed by atoms with Crippen LogP contribution in [0.3, 0.4) is 0 Å². The van der Waals surface area contributed by atoms with Crippen molar-refractivity contribution in [1.82, 2.24) is 9.97 Å². The number of rotatable bonds is 5. The van der Waals surface area contributed by atoms with Crippen molar-refractivity contribution in [2.24, 2.45) is 0 Å². The first kappa shape index (κ1) is 15.2. The lowest BCUT2D eigenvalue weighted by molar-refractivity contribution is 0.0527. The maximum absolute atomic E-state index is 12.0. The SMILES string of the molecule is CCOC(=O)c1cnc2nc(C)ccc2c1NCC(C)O. The minimum absolute atomic E-state index is 0.291. The number of pyridine rings is 2. The van der Waals surface area contributed by atoms with Gasteiger partial charge in [0.1, 0.15) is 5.56 Å². The van der Waals surface area contributed by atoms with Crippen molar-refractivity contribution in [2.75, 3.05) is 18.5 Å². The largest absolute Gasteiger partial charge is 0.462 e. The smallest absolute Gasteiger partial charge is 0.341 e. The van der Waals surface area contributed by atoms with E-state index in [1.807, 2.05) is 19.1 Å². The average molecular weight is 289 g/mol. The van der Waals surface area contributed by atoms with Crippen LogP contribution in [0.25, 0.3) is 11.0 Å². The highest BCUT2D eigenvalue weighted by molar-refractivity contribution is 6.04. The molecule has 2 N–H and O–H groups in total. The molecule has 112 valence electrons. The van der Waals surface area contributed by atoms with Gasteiger partial charge >= 0.3 is 5.97 Å². The topological polar surface area (TPSA) is 84.3 Å². The third-order valence-electron chi connectivity index (χ3n) is 2.94. The van der Waals surface area contributed by atoms with Crippen LogP contribution in [0, 0.1) is 6.92 Å². The Hall–Kier alpha value is -2.21. The second kappa shape index (κ2) is 6.49. The van der Waals surface area contributed by atoms with Gasteiger partial charge in [-0.25, -0.2) is 14.8 Å². The Morgan fingerprint density at radius 2 is 2.24 bits per heavy atom. The van der Waals surface area contributed by atoms with E-state index < -0.39 is 12.1 Å². The van der Waals surface area contributed by atoms with Crippen molar-refractivity contribution in [3.05, 3.63) is 29.6 Å². The third-order valence-corrected chi connectivity index (χ3v) is 2.94. The van der Waals surface area contributed by atoms with Crippen molar-refractivity contribution >= 4 is 22.7 Å². The van der Waals surface area contributed by atoms with Gasteiger partial charge in [0, 0.05) is 23.8 Å². The van der Waals surface area contributed by atoms with Crippen LogP contribution in [0.2, 0.25) is 0 Å². The summed E-state index contributed by atoms with van der Waals surface area (Å²) in [6, 6.07) is 3.71. The Morgan fingerprint density at radius 1 is 1.48 bits per heavy atom. The van der Waals surface area contributed by atoms with E-state index in [2.05, 4.69) is 15.3 Å². The summed E-state index contributed by atoms with van der Waals surface area (Å²) in [6.07, 6.45) is 0.915. The van der Waals surface area contributed by atoms with Crippen LogP contribution in [-0.2, 0) is 4.74 Å². The van der Waals surface area contributed by atoms with Crippen molar-refractivity contribution in [3.63, 3.8) is 0 Å². The molecule has 0 amide bonds. The van der Waals surface area contributed by atoms with Crippen LogP contribution in [0.15, 0.2) is 18.3 Å². The van der Waals surface area contributed by atoms with E-state index >= 15 is 0 Å². The van der Waals surface area contributed by atoms with Gasteiger partial charge in [0.05, 0.1) is 18.4 Å². The Morgan fingerprint density at radius 3 is 2.90 bits per heavy atom. The number of carbonyl (C=O) groups is 1. The molecule has 2 rings (SSSR count). The fourth-order valence-electron chi connectivity index (χ4n) is 1.98. The summed E-state index contributed by atoms with van der Waals surface area (Å²) < 4.78 is 5.05. The first-order valence-corrected chi connectivity index (χ1v) is 6.88. The van der Waals surface area contributed by atoms with Crippen LogP contribution in [0.1, 0.15) is 29.9 Å². The van der Waals surface area contributed by atoms with Gasteiger partial charge in [0.25, 0.3) is 0 Å². The molecule has 0 aliphatic carbocycles. The number of nitrogens with one attached hydrogen (secondary N) is 1. The Bertz CT molecular complexity index is 656. The van der Waals surface area contributed by atoms with Gasteiger partial charge in [-0.15, -0.1) is 0 Å². The molecular weight excluding hydrogens is 270 g/mol. The van der Waals surface area contributed by atoms with E-state index in [-0.39, 0.29) is 0 Å². The minimum Gasteiger partial charge on any atom is -0.462 e. The highest BCUT2D eigenvalue weighted by Crippen LogP contribution is 2.26. The fourth-order valence-corrected chi connectivity index (χ4v) is 1.98. The van der Waals surface area contributed by atoms with E-state index in [4.69, 9.17) is 4.74 Å². The number of fused-ring (bicyclic) bond motifs is 1. The van der Waals surface area contributed by atoms with Crippen LogP contribution in [0.4, 0.5) is 5.69 Å². The van der Waals surface area contributed by atoms with E-state index in [0.29, 0.717) is 30.0 Å². The molecule has 0 aliphatic rings. The summed E-state index contributed by atoms with van der Waals surface area (Å²) in [7, 11) is 0. The lowest BCUT2D eigenvalue weighted by atomic mass is 10.1. The van der Waals surface area contributed by atoms with Crippen LogP contribution in [-0.4, -0.2) is 40.3 Å². The van der Waals surface area contributed by atoms with E-state index in [9.17, 15) is 9.90 Å². The molecule has 2 aromatic rings.